The minimum atomic E-state index is -0.106. The number of nitrogens with zero attached hydrogens (tertiary/aromatic N) is 5. The molecule has 0 saturated heterocycles. The van der Waals surface area contributed by atoms with Crippen molar-refractivity contribution < 1.29 is 4.79 Å². The Hall–Kier alpha value is -1.63. The van der Waals surface area contributed by atoms with Crippen molar-refractivity contribution in [2.45, 2.75) is 26.8 Å². The average Bonchev–Trinajstić information content (AvgIpc) is 2.87. The van der Waals surface area contributed by atoms with Crippen LogP contribution >= 0.6 is 11.5 Å². The topological polar surface area (TPSA) is 73.6 Å². The highest BCUT2D eigenvalue weighted by Crippen LogP contribution is 2.14. The summed E-state index contributed by atoms with van der Waals surface area (Å²) in [5.74, 6) is -0.106. The Balaban J connectivity index is 2.34. The van der Waals surface area contributed by atoms with Crippen LogP contribution in [-0.4, -0.2) is 30.4 Å². The summed E-state index contributed by atoms with van der Waals surface area (Å²) in [6, 6.07) is 0. The molecule has 2 aromatic rings. The van der Waals surface area contributed by atoms with Crippen LogP contribution < -0.4 is 0 Å². The zero-order chi connectivity index (χ0) is 11.5. The molecule has 0 unspecified atom stereocenters. The fourth-order valence-corrected chi connectivity index (χ4v) is 1.97. The van der Waals surface area contributed by atoms with E-state index in [1.165, 1.54) is 6.20 Å². The Morgan fingerprint density at radius 3 is 3.00 bits per heavy atom. The van der Waals surface area contributed by atoms with Gasteiger partial charge in [-0.2, -0.15) is 0 Å². The van der Waals surface area contributed by atoms with E-state index in [9.17, 15) is 4.79 Å². The number of carbonyl (C=O) groups excluding carboxylic acids is 1. The van der Waals surface area contributed by atoms with Gasteiger partial charge in [0.2, 0.25) is 5.78 Å². The number of aromatic nitrogens is 5. The van der Waals surface area contributed by atoms with Crippen molar-refractivity contribution in [2.75, 3.05) is 0 Å². The first-order valence-electron chi connectivity index (χ1n) is 4.96. The number of ketones is 1. The highest BCUT2D eigenvalue weighted by molar-refractivity contribution is 7.08. The van der Waals surface area contributed by atoms with E-state index in [0.717, 1.165) is 18.0 Å². The number of aryl methyl sites for hydroxylation is 2. The van der Waals surface area contributed by atoms with Gasteiger partial charge in [0.25, 0.3) is 0 Å². The van der Waals surface area contributed by atoms with Gasteiger partial charge in [-0.1, -0.05) is 16.6 Å². The second-order valence-corrected chi connectivity index (χ2v) is 4.11. The maximum Gasteiger partial charge on any atom is 0.226 e. The molecular weight excluding hydrogens is 226 g/mol. The molecule has 84 valence electrons. The van der Waals surface area contributed by atoms with Crippen LogP contribution in [0.25, 0.3) is 0 Å². The number of rotatable bonds is 4. The molecule has 2 rings (SSSR count). The lowest BCUT2D eigenvalue weighted by Gasteiger charge is -2.01. The van der Waals surface area contributed by atoms with Gasteiger partial charge in [0, 0.05) is 6.54 Å². The van der Waals surface area contributed by atoms with Crippen molar-refractivity contribution in [3.8, 4) is 0 Å². The van der Waals surface area contributed by atoms with E-state index in [1.807, 2.05) is 6.92 Å². The Morgan fingerprint density at radius 1 is 1.56 bits per heavy atom. The molecule has 0 aliphatic heterocycles. The van der Waals surface area contributed by atoms with E-state index in [0.29, 0.717) is 22.8 Å². The van der Waals surface area contributed by atoms with Gasteiger partial charge >= 0.3 is 0 Å². The molecule has 0 amide bonds. The number of carbonyl (C=O) groups is 1. The van der Waals surface area contributed by atoms with Crippen LogP contribution in [0, 0.1) is 6.92 Å². The number of hydrogen-bond acceptors (Lipinski definition) is 6. The summed E-state index contributed by atoms with van der Waals surface area (Å²) >= 11 is 1.10. The summed E-state index contributed by atoms with van der Waals surface area (Å²) in [5.41, 5.74) is 1.15. The first-order chi connectivity index (χ1) is 7.74. The summed E-state index contributed by atoms with van der Waals surface area (Å²) in [7, 11) is 0. The molecule has 2 aromatic heterocycles. The van der Waals surface area contributed by atoms with Crippen molar-refractivity contribution in [1.82, 2.24) is 24.6 Å². The van der Waals surface area contributed by atoms with E-state index in [1.54, 1.807) is 11.6 Å². The lowest BCUT2D eigenvalue weighted by Crippen LogP contribution is -2.11. The van der Waals surface area contributed by atoms with Crippen molar-refractivity contribution in [3.63, 3.8) is 0 Å². The second kappa shape index (κ2) is 4.48. The maximum atomic E-state index is 12.1. The third-order valence-corrected chi connectivity index (χ3v) is 2.97. The molecule has 16 heavy (non-hydrogen) atoms. The van der Waals surface area contributed by atoms with Crippen molar-refractivity contribution in [3.05, 3.63) is 22.5 Å². The molecule has 0 atom stereocenters. The summed E-state index contributed by atoms with van der Waals surface area (Å²) in [5, 5.41) is 11.5. The smallest absolute Gasteiger partial charge is 0.226 e. The summed E-state index contributed by atoms with van der Waals surface area (Å²) in [6.07, 6.45) is 2.39. The average molecular weight is 237 g/mol. The molecule has 2 heterocycles. The molecule has 0 fully saturated rings. The van der Waals surface area contributed by atoms with Crippen molar-refractivity contribution in [1.29, 1.82) is 0 Å². The molecule has 0 radical (unpaired) electrons. The molecule has 7 heteroatoms. The van der Waals surface area contributed by atoms with Crippen LogP contribution in [0.4, 0.5) is 0 Å². The minimum Gasteiger partial charge on any atom is -0.286 e. The molecule has 6 nitrogen and oxygen atoms in total. The third kappa shape index (κ3) is 1.85. The van der Waals surface area contributed by atoms with Crippen LogP contribution in [0.1, 0.15) is 34.4 Å². The zero-order valence-electron chi connectivity index (χ0n) is 9.04. The van der Waals surface area contributed by atoms with E-state index >= 15 is 0 Å². The second-order valence-electron chi connectivity index (χ2n) is 3.36. The monoisotopic (exact) mass is 237 g/mol. The van der Waals surface area contributed by atoms with Crippen LogP contribution in [0.3, 0.4) is 0 Å². The van der Waals surface area contributed by atoms with Crippen molar-refractivity contribution in [2.24, 2.45) is 0 Å². The lowest BCUT2D eigenvalue weighted by atomic mass is 10.2. The van der Waals surface area contributed by atoms with Crippen LogP contribution in [0.2, 0.25) is 0 Å². The standard InChI is InChI=1S/C9H11N5OS/c1-3-4-14-7(5-10-12-14)8(15)9-6(2)11-13-16-9/h5H,3-4H2,1-2H3. The molecule has 0 saturated carbocycles. The fourth-order valence-electron chi connectivity index (χ4n) is 1.37. The number of hydrogen-bond donors (Lipinski definition) is 0. The fraction of sp³-hybridized carbons (Fsp3) is 0.444. The summed E-state index contributed by atoms with van der Waals surface area (Å²) < 4.78 is 5.36. The lowest BCUT2D eigenvalue weighted by molar-refractivity contribution is 0.103. The Morgan fingerprint density at radius 2 is 2.38 bits per heavy atom. The molecule has 0 aromatic carbocycles. The van der Waals surface area contributed by atoms with Gasteiger partial charge in [0.05, 0.1) is 11.9 Å². The molecule has 0 bridgehead atoms. The van der Waals surface area contributed by atoms with Crippen LogP contribution in [0.15, 0.2) is 6.20 Å². The van der Waals surface area contributed by atoms with Gasteiger partial charge in [-0.25, -0.2) is 4.68 Å². The van der Waals surface area contributed by atoms with E-state index < -0.39 is 0 Å². The van der Waals surface area contributed by atoms with Crippen molar-refractivity contribution >= 4 is 17.3 Å². The SMILES string of the molecule is CCCn1nncc1C(=O)c1snnc1C. The molecule has 0 spiro atoms. The van der Waals surface area contributed by atoms with Gasteiger partial charge in [0.15, 0.2) is 0 Å². The van der Waals surface area contributed by atoms with Gasteiger partial charge in [-0.05, 0) is 24.9 Å². The molecule has 0 aliphatic carbocycles. The summed E-state index contributed by atoms with van der Waals surface area (Å²) in [6.45, 7) is 4.48. The van der Waals surface area contributed by atoms with Crippen LogP contribution in [-0.2, 0) is 6.54 Å². The Bertz CT molecular complexity index is 503. The highest BCUT2D eigenvalue weighted by Gasteiger charge is 2.19. The normalized spacial score (nSPS) is 10.6. The highest BCUT2D eigenvalue weighted by atomic mass is 32.1. The van der Waals surface area contributed by atoms with Gasteiger partial charge in [-0.3, -0.25) is 4.79 Å². The predicted molar refractivity (Wildman–Crippen MR) is 58.4 cm³/mol. The van der Waals surface area contributed by atoms with Crippen LogP contribution in [0.5, 0.6) is 0 Å². The quantitative estimate of drug-likeness (QED) is 0.744. The minimum absolute atomic E-state index is 0.106. The van der Waals surface area contributed by atoms with E-state index in [4.69, 9.17) is 0 Å². The Kier molecular flexibility index (Phi) is 3.04. The molecular formula is C9H11N5OS. The molecule has 0 N–H and O–H groups in total. The first-order valence-corrected chi connectivity index (χ1v) is 5.73. The van der Waals surface area contributed by atoms with Gasteiger partial charge in [0.1, 0.15) is 10.6 Å². The van der Waals surface area contributed by atoms with E-state index in [-0.39, 0.29) is 5.78 Å². The predicted octanol–water partition coefficient (Wildman–Crippen LogP) is 1.08. The van der Waals surface area contributed by atoms with E-state index in [2.05, 4.69) is 19.9 Å². The maximum absolute atomic E-state index is 12.1. The zero-order valence-corrected chi connectivity index (χ0v) is 9.86. The van der Waals surface area contributed by atoms with Gasteiger partial charge in [-0.15, -0.1) is 10.2 Å². The molecule has 0 aliphatic rings. The Labute approximate surface area is 96.5 Å². The summed E-state index contributed by atoms with van der Waals surface area (Å²) in [4.78, 5) is 12.7. The largest absolute Gasteiger partial charge is 0.286 e. The van der Waals surface area contributed by atoms with Gasteiger partial charge < -0.3 is 0 Å². The third-order valence-electron chi connectivity index (χ3n) is 2.14. The first kappa shape index (κ1) is 10.9.